The van der Waals surface area contributed by atoms with Crippen LogP contribution in [-0.4, -0.2) is 60.4 Å². The largest absolute Gasteiger partial charge is 0.489 e. The lowest BCUT2D eigenvalue weighted by Crippen LogP contribution is -2.41. The minimum absolute atomic E-state index is 0.0447. The van der Waals surface area contributed by atoms with Crippen molar-refractivity contribution in [2.45, 2.75) is 57.7 Å². The van der Waals surface area contributed by atoms with Gasteiger partial charge in [0.05, 0.1) is 12.6 Å². The summed E-state index contributed by atoms with van der Waals surface area (Å²) < 4.78 is 41.9. The first-order valence-corrected chi connectivity index (χ1v) is 12.7. The number of hydrogen-bond donors (Lipinski definition) is 0. The molecule has 0 N–H and O–H groups in total. The van der Waals surface area contributed by atoms with Gasteiger partial charge in [-0.1, -0.05) is 6.07 Å². The van der Waals surface area contributed by atoms with E-state index in [0.29, 0.717) is 30.3 Å². The molecule has 2 aromatic carbocycles. The van der Waals surface area contributed by atoms with E-state index in [1.54, 1.807) is 42.3 Å². The summed E-state index contributed by atoms with van der Waals surface area (Å²) in [6, 6.07) is 8.71. The van der Waals surface area contributed by atoms with Crippen LogP contribution in [0.1, 0.15) is 66.6 Å². The molecule has 2 fully saturated rings. The van der Waals surface area contributed by atoms with Gasteiger partial charge in [-0.3, -0.25) is 9.59 Å². The Hall–Kier alpha value is -3.69. The maximum Gasteiger partial charge on any atom is 0.387 e. The Morgan fingerprint density at radius 3 is 2.55 bits per heavy atom. The number of fused-ring (bicyclic) bond motifs is 1. The van der Waals surface area contributed by atoms with Crippen LogP contribution in [0.25, 0.3) is 0 Å². The van der Waals surface area contributed by atoms with Crippen LogP contribution in [0.2, 0.25) is 0 Å². The second-order valence-corrected chi connectivity index (χ2v) is 10.2. The average molecular weight is 529 g/mol. The zero-order valence-electron chi connectivity index (χ0n) is 21.5. The molecule has 3 aliphatic rings. The van der Waals surface area contributed by atoms with Crippen molar-refractivity contribution in [2.75, 3.05) is 20.2 Å². The molecule has 2 amide bonds. The third-order valence-electron chi connectivity index (χ3n) is 7.63. The van der Waals surface area contributed by atoms with Crippen molar-refractivity contribution in [3.63, 3.8) is 0 Å². The highest BCUT2D eigenvalue weighted by Gasteiger charge is 2.41. The molecule has 0 spiro atoms. The standard InChI is InChI=1S/C28H30F2N2O6/c1-15-22-12-20(7-8-21(22)26(34)31(15)3)37-27(35)23-10-19(13-32(23)16(2)33)18-6-9-24(38-28(29)30)25(11-18)36-14-17-4-5-17/h6-9,11-12,15,17,19,23,28H,4-5,10,13-14H2,1-3H3/t15?,19?,23-/m1/s1. The Morgan fingerprint density at radius 2 is 1.87 bits per heavy atom. The number of rotatable bonds is 8. The fraction of sp³-hybridized carbons (Fsp3) is 0.464. The van der Waals surface area contributed by atoms with E-state index in [2.05, 4.69) is 4.74 Å². The molecule has 2 aromatic rings. The van der Waals surface area contributed by atoms with E-state index < -0.39 is 18.6 Å². The predicted molar refractivity (Wildman–Crippen MR) is 132 cm³/mol. The van der Waals surface area contributed by atoms with E-state index >= 15 is 0 Å². The fourth-order valence-electron chi connectivity index (χ4n) is 5.13. The number of nitrogens with zero attached hydrogens (tertiary/aromatic N) is 2. The number of carbonyl (C=O) groups excluding carboxylic acids is 3. The molecule has 2 heterocycles. The van der Waals surface area contributed by atoms with Crippen molar-refractivity contribution in [1.82, 2.24) is 9.80 Å². The van der Waals surface area contributed by atoms with Crippen molar-refractivity contribution in [3.05, 3.63) is 53.1 Å². The van der Waals surface area contributed by atoms with Crippen molar-refractivity contribution in [2.24, 2.45) is 5.92 Å². The van der Waals surface area contributed by atoms with Crippen LogP contribution in [0.5, 0.6) is 17.2 Å². The van der Waals surface area contributed by atoms with Gasteiger partial charge in [0.25, 0.3) is 5.91 Å². The second kappa shape index (κ2) is 10.2. The number of carbonyl (C=O) groups is 3. The molecule has 10 heteroatoms. The predicted octanol–water partition coefficient (Wildman–Crippen LogP) is 4.53. The van der Waals surface area contributed by atoms with E-state index in [-0.39, 0.29) is 41.8 Å². The summed E-state index contributed by atoms with van der Waals surface area (Å²) in [5, 5.41) is 0. The number of alkyl halides is 2. The normalized spacial score (nSPS) is 22.6. The van der Waals surface area contributed by atoms with Gasteiger partial charge in [-0.2, -0.15) is 8.78 Å². The summed E-state index contributed by atoms with van der Waals surface area (Å²) in [6.45, 7) is 0.999. The van der Waals surface area contributed by atoms with Crippen molar-refractivity contribution in [3.8, 4) is 17.2 Å². The van der Waals surface area contributed by atoms with E-state index in [9.17, 15) is 23.2 Å². The molecule has 0 bridgehead atoms. The van der Waals surface area contributed by atoms with E-state index in [0.717, 1.165) is 24.0 Å². The summed E-state index contributed by atoms with van der Waals surface area (Å²) in [6.07, 6.45) is 2.39. The van der Waals surface area contributed by atoms with Gasteiger partial charge < -0.3 is 24.0 Å². The van der Waals surface area contributed by atoms with Gasteiger partial charge in [-0.15, -0.1) is 0 Å². The van der Waals surface area contributed by atoms with Crippen LogP contribution in [0.15, 0.2) is 36.4 Å². The Morgan fingerprint density at radius 1 is 1.11 bits per heavy atom. The quantitative estimate of drug-likeness (QED) is 0.370. The second-order valence-electron chi connectivity index (χ2n) is 10.2. The van der Waals surface area contributed by atoms with Crippen LogP contribution in [-0.2, 0) is 9.59 Å². The lowest BCUT2D eigenvalue weighted by atomic mass is 9.96. The van der Waals surface area contributed by atoms with Crippen LogP contribution in [0, 0.1) is 5.92 Å². The zero-order chi connectivity index (χ0) is 27.1. The Labute approximate surface area is 219 Å². The lowest BCUT2D eigenvalue weighted by Gasteiger charge is -2.21. The van der Waals surface area contributed by atoms with Crippen molar-refractivity contribution >= 4 is 17.8 Å². The molecule has 1 aliphatic carbocycles. The number of halogens is 2. The van der Waals surface area contributed by atoms with Crippen LogP contribution in [0.3, 0.4) is 0 Å². The molecule has 1 saturated heterocycles. The summed E-state index contributed by atoms with van der Waals surface area (Å²) in [4.78, 5) is 41.1. The Kier molecular flexibility index (Phi) is 6.98. The molecule has 3 atom stereocenters. The van der Waals surface area contributed by atoms with E-state index in [1.165, 1.54) is 17.9 Å². The zero-order valence-corrected chi connectivity index (χ0v) is 21.5. The number of ether oxygens (including phenoxy) is 3. The highest BCUT2D eigenvalue weighted by molar-refractivity contribution is 5.99. The van der Waals surface area contributed by atoms with Crippen LogP contribution < -0.4 is 14.2 Å². The minimum atomic E-state index is -2.98. The number of hydrogen-bond acceptors (Lipinski definition) is 6. The molecule has 2 aliphatic heterocycles. The molecule has 0 radical (unpaired) electrons. The number of esters is 1. The first kappa shape index (κ1) is 25.9. The van der Waals surface area contributed by atoms with Gasteiger partial charge >= 0.3 is 12.6 Å². The molecule has 0 aromatic heterocycles. The topological polar surface area (TPSA) is 85.4 Å². The number of amides is 2. The minimum Gasteiger partial charge on any atom is -0.489 e. The smallest absolute Gasteiger partial charge is 0.387 e. The summed E-state index contributed by atoms with van der Waals surface area (Å²) in [5.74, 6) is -0.261. The van der Waals surface area contributed by atoms with E-state index in [4.69, 9.17) is 9.47 Å². The summed E-state index contributed by atoms with van der Waals surface area (Å²) >= 11 is 0. The molecular formula is C28H30F2N2O6. The van der Waals surface area contributed by atoms with Gasteiger partial charge in [0.15, 0.2) is 11.5 Å². The third kappa shape index (κ3) is 5.16. The SMILES string of the molecule is CC(=O)N1CC(c2ccc(OC(F)F)c(OCC3CC3)c2)C[C@@H]1C(=O)Oc1ccc2c(c1)C(C)N(C)C2=O. The summed E-state index contributed by atoms with van der Waals surface area (Å²) in [5.41, 5.74) is 2.11. The summed E-state index contributed by atoms with van der Waals surface area (Å²) in [7, 11) is 1.72. The van der Waals surface area contributed by atoms with Crippen LogP contribution in [0.4, 0.5) is 8.78 Å². The van der Waals surface area contributed by atoms with Gasteiger partial charge in [-0.05, 0) is 73.6 Å². The van der Waals surface area contributed by atoms with E-state index in [1.807, 2.05) is 6.92 Å². The first-order chi connectivity index (χ1) is 18.1. The molecule has 2 unspecified atom stereocenters. The maximum atomic E-state index is 13.2. The average Bonchev–Trinajstić information content (AvgIpc) is 3.56. The maximum absolute atomic E-state index is 13.2. The first-order valence-electron chi connectivity index (χ1n) is 12.7. The molecule has 5 rings (SSSR count). The fourth-order valence-corrected chi connectivity index (χ4v) is 5.13. The highest BCUT2D eigenvalue weighted by Crippen LogP contribution is 2.40. The third-order valence-corrected chi connectivity index (χ3v) is 7.63. The Bertz CT molecular complexity index is 1260. The van der Waals surface area contributed by atoms with Crippen molar-refractivity contribution < 1.29 is 37.4 Å². The molecule has 8 nitrogen and oxygen atoms in total. The Balaban J connectivity index is 1.33. The molecule has 38 heavy (non-hydrogen) atoms. The molecule has 202 valence electrons. The number of benzene rings is 2. The van der Waals surface area contributed by atoms with Crippen molar-refractivity contribution in [1.29, 1.82) is 0 Å². The van der Waals surface area contributed by atoms with Gasteiger partial charge in [0.2, 0.25) is 5.91 Å². The molecular weight excluding hydrogens is 498 g/mol. The molecule has 1 saturated carbocycles. The van der Waals surface area contributed by atoms with Gasteiger partial charge in [0.1, 0.15) is 11.8 Å². The number of likely N-dealkylation sites (tertiary alicyclic amines) is 1. The lowest BCUT2D eigenvalue weighted by molar-refractivity contribution is -0.145. The van der Waals surface area contributed by atoms with Gasteiger partial charge in [-0.25, -0.2) is 4.79 Å². The van der Waals surface area contributed by atoms with Crippen LogP contribution >= 0.6 is 0 Å². The monoisotopic (exact) mass is 528 g/mol. The van der Waals surface area contributed by atoms with Gasteiger partial charge in [0, 0.05) is 32.0 Å². The highest BCUT2D eigenvalue weighted by atomic mass is 19.3.